The van der Waals surface area contributed by atoms with Gasteiger partial charge in [0.2, 0.25) is 0 Å². The molecular formula is C11H10O4. The summed E-state index contributed by atoms with van der Waals surface area (Å²) in [7, 11) is 0. The fraction of sp³-hybridized carbons (Fsp3) is 0.273. The first kappa shape index (κ1) is 9.71. The zero-order chi connectivity index (χ0) is 11.0. The summed E-state index contributed by atoms with van der Waals surface area (Å²) in [6.07, 6.45) is 0.733. The molecule has 1 N–H and O–H groups in total. The van der Waals surface area contributed by atoms with Crippen LogP contribution in [0.2, 0.25) is 0 Å². The van der Waals surface area contributed by atoms with Crippen LogP contribution in [0.5, 0.6) is 5.75 Å². The van der Waals surface area contributed by atoms with Gasteiger partial charge < -0.3 is 9.84 Å². The van der Waals surface area contributed by atoms with Crippen molar-refractivity contribution in [1.82, 2.24) is 0 Å². The SMILES string of the molecule is Cc1cc(C(=O)C(=O)O)cc2c1OCC2. The Bertz CT molecular complexity index is 448. The molecule has 4 heteroatoms. The number of fused-ring (bicyclic) bond motifs is 1. The van der Waals surface area contributed by atoms with Crippen molar-refractivity contribution in [3.8, 4) is 5.75 Å². The number of carboxylic acids is 1. The molecule has 0 saturated heterocycles. The van der Waals surface area contributed by atoms with Gasteiger partial charge in [-0.15, -0.1) is 0 Å². The molecule has 2 rings (SSSR count). The van der Waals surface area contributed by atoms with Crippen molar-refractivity contribution >= 4 is 11.8 Å². The molecule has 15 heavy (non-hydrogen) atoms. The van der Waals surface area contributed by atoms with Crippen LogP contribution in [-0.2, 0) is 11.2 Å². The van der Waals surface area contributed by atoms with Crippen molar-refractivity contribution in [1.29, 1.82) is 0 Å². The first-order chi connectivity index (χ1) is 7.09. The highest BCUT2D eigenvalue weighted by Gasteiger charge is 2.21. The topological polar surface area (TPSA) is 63.6 Å². The highest BCUT2D eigenvalue weighted by Crippen LogP contribution is 2.30. The van der Waals surface area contributed by atoms with Crippen molar-refractivity contribution in [3.05, 3.63) is 28.8 Å². The van der Waals surface area contributed by atoms with Gasteiger partial charge >= 0.3 is 5.97 Å². The van der Waals surface area contributed by atoms with E-state index >= 15 is 0 Å². The van der Waals surface area contributed by atoms with Crippen LogP contribution in [0.3, 0.4) is 0 Å². The predicted octanol–water partition coefficient (Wildman–Crippen LogP) is 1.20. The van der Waals surface area contributed by atoms with Gasteiger partial charge in [-0.25, -0.2) is 4.79 Å². The number of hydrogen-bond acceptors (Lipinski definition) is 3. The summed E-state index contributed by atoms with van der Waals surface area (Å²) < 4.78 is 5.37. The lowest BCUT2D eigenvalue weighted by atomic mass is 10.0. The number of carbonyl (C=O) groups is 2. The number of rotatable bonds is 2. The van der Waals surface area contributed by atoms with Crippen molar-refractivity contribution in [3.63, 3.8) is 0 Å². The van der Waals surface area contributed by atoms with Crippen LogP contribution in [0, 0.1) is 6.92 Å². The van der Waals surface area contributed by atoms with E-state index in [0.29, 0.717) is 6.61 Å². The number of carbonyl (C=O) groups excluding carboxylic acids is 1. The van der Waals surface area contributed by atoms with Gasteiger partial charge in [0.05, 0.1) is 6.61 Å². The zero-order valence-corrected chi connectivity index (χ0v) is 8.24. The molecule has 0 unspecified atom stereocenters. The van der Waals surface area contributed by atoms with Crippen molar-refractivity contribution in [2.45, 2.75) is 13.3 Å². The Morgan fingerprint density at radius 2 is 2.13 bits per heavy atom. The van der Waals surface area contributed by atoms with Crippen LogP contribution in [0.15, 0.2) is 12.1 Å². The van der Waals surface area contributed by atoms with E-state index in [2.05, 4.69) is 0 Å². The molecule has 78 valence electrons. The van der Waals surface area contributed by atoms with E-state index in [1.165, 1.54) is 0 Å². The Kier molecular flexibility index (Phi) is 2.19. The van der Waals surface area contributed by atoms with Crippen LogP contribution in [0.25, 0.3) is 0 Å². The van der Waals surface area contributed by atoms with Crippen LogP contribution in [0.1, 0.15) is 21.5 Å². The molecule has 0 bridgehead atoms. The quantitative estimate of drug-likeness (QED) is 0.583. The summed E-state index contributed by atoms with van der Waals surface area (Å²) in [5, 5.41) is 8.59. The lowest BCUT2D eigenvalue weighted by Crippen LogP contribution is -2.13. The summed E-state index contributed by atoms with van der Waals surface area (Å²) in [5.74, 6) is -1.50. The van der Waals surface area contributed by atoms with E-state index < -0.39 is 11.8 Å². The Hall–Kier alpha value is -1.84. The Morgan fingerprint density at radius 3 is 2.80 bits per heavy atom. The van der Waals surface area contributed by atoms with Gasteiger partial charge in [0.1, 0.15) is 5.75 Å². The molecule has 0 fully saturated rings. The summed E-state index contributed by atoms with van der Waals surface area (Å²) >= 11 is 0. The molecule has 1 aliphatic rings. The van der Waals surface area contributed by atoms with Crippen LogP contribution in [-0.4, -0.2) is 23.5 Å². The molecule has 0 aliphatic carbocycles. The monoisotopic (exact) mass is 206 g/mol. The average Bonchev–Trinajstić information content (AvgIpc) is 2.64. The van der Waals surface area contributed by atoms with Gasteiger partial charge in [0, 0.05) is 12.0 Å². The van der Waals surface area contributed by atoms with Gasteiger partial charge in [0.25, 0.3) is 5.78 Å². The highest BCUT2D eigenvalue weighted by atomic mass is 16.5. The van der Waals surface area contributed by atoms with E-state index in [1.54, 1.807) is 12.1 Å². The number of aliphatic carboxylic acids is 1. The Labute approximate surface area is 86.5 Å². The van der Waals surface area contributed by atoms with Crippen molar-refractivity contribution in [2.75, 3.05) is 6.61 Å². The molecule has 0 aromatic heterocycles. The maximum absolute atomic E-state index is 11.3. The first-order valence-corrected chi connectivity index (χ1v) is 4.63. The minimum absolute atomic E-state index is 0.226. The number of hydrogen-bond donors (Lipinski definition) is 1. The van der Waals surface area contributed by atoms with Crippen LogP contribution in [0.4, 0.5) is 0 Å². The van der Waals surface area contributed by atoms with E-state index in [1.807, 2.05) is 6.92 Å². The molecular weight excluding hydrogens is 196 g/mol. The van der Waals surface area contributed by atoms with E-state index in [4.69, 9.17) is 9.84 Å². The van der Waals surface area contributed by atoms with Gasteiger partial charge in [-0.2, -0.15) is 0 Å². The molecule has 0 spiro atoms. The molecule has 1 aliphatic heterocycles. The first-order valence-electron chi connectivity index (χ1n) is 4.63. The summed E-state index contributed by atoms with van der Waals surface area (Å²) in [4.78, 5) is 21.8. The number of aryl methyl sites for hydroxylation is 1. The maximum atomic E-state index is 11.3. The third-order valence-electron chi connectivity index (χ3n) is 2.43. The van der Waals surface area contributed by atoms with Crippen molar-refractivity contribution in [2.24, 2.45) is 0 Å². The van der Waals surface area contributed by atoms with Gasteiger partial charge in [-0.05, 0) is 30.2 Å². The zero-order valence-electron chi connectivity index (χ0n) is 8.24. The Balaban J connectivity index is 2.48. The second-order valence-corrected chi connectivity index (χ2v) is 3.51. The minimum Gasteiger partial charge on any atom is -0.493 e. The third kappa shape index (κ3) is 1.58. The normalized spacial score (nSPS) is 13.1. The lowest BCUT2D eigenvalue weighted by Gasteiger charge is -2.05. The van der Waals surface area contributed by atoms with Gasteiger partial charge in [-0.3, -0.25) is 4.79 Å². The Morgan fingerprint density at radius 1 is 1.40 bits per heavy atom. The van der Waals surface area contributed by atoms with E-state index in [9.17, 15) is 9.59 Å². The van der Waals surface area contributed by atoms with E-state index in [-0.39, 0.29) is 5.56 Å². The second-order valence-electron chi connectivity index (χ2n) is 3.51. The predicted molar refractivity (Wildman–Crippen MR) is 52.3 cm³/mol. The standard InChI is InChI=1S/C11H10O4/c1-6-4-8(9(12)11(13)14)5-7-2-3-15-10(6)7/h4-5H,2-3H2,1H3,(H,13,14). The molecule has 0 atom stereocenters. The fourth-order valence-electron chi connectivity index (χ4n) is 1.76. The van der Waals surface area contributed by atoms with E-state index in [0.717, 1.165) is 23.3 Å². The lowest BCUT2D eigenvalue weighted by molar-refractivity contribution is -0.131. The summed E-state index contributed by atoms with van der Waals surface area (Å²) in [6.45, 7) is 2.41. The molecule has 0 amide bonds. The largest absolute Gasteiger partial charge is 0.493 e. The van der Waals surface area contributed by atoms with Crippen LogP contribution < -0.4 is 4.74 Å². The molecule has 1 heterocycles. The molecule has 1 aromatic carbocycles. The van der Waals surface area contributed by atoms with Crippen LogP contribution >= 0.6 is 0 Å². The molecule has 0 saturated carbocycles. The minimum atomic E-state index is -1.42. The second kappa shape index (κ2) is 3.38. The maximum Gasteiger partial charge on any atom is 0.377 e. The summed E-state index contributed by atoms with van der Waals surface area (Å²) in [6, 6.07) is 3.16. The smallest absolute Gasteiger partial charge is 0.377 e. The number of benzene rings is 1. The van der Waals surface area contributed by atoms with Gasteiger partial charge in [0.15, 0.2) is 0 Å². The number of Topliss-reactive ketones (excluding diaryl/α,β-unsaturated/α-hetero) is 1. The highest BCUT2D eigenvalue weighted by molar-refractivity contribution is 6.39. The fourth-order valence-corrected chi connectivity index (χ4v) is 1.76. The number of ketones is 1. The summed E-state index contributed by atoms with van der Waals surface area (Å²) in [5.41, 5.74) is 1.96. The van der Waals surface area contributed by atoms with Crippen molar-refractivity contribution < 1.29 is 19.4 Å². The average molecular weight is 206 g/mol. The number of carboxylic acid groups (broad SMARTS) is 1. The molecule has 0 radical (unpaired) electrons. The third-order valence-corrected chi connectivity index (χ3v) is 2.43. The molecule has 1 aromatic rings. The van der Waals surface area contributed by atoms with Gasteiger partial charge in [-0.1, -0.05) is 0 Å². The number of ether oxygens (including phenoxy) is 1. The molecule has 4 nitrogen and oxygen atoms in total.